The molecule has 2 aromatic heterocycles. The van der Waals surface area contributed by atoms with Crippen molar-refractivity contribution in [3.8, 4) is 0 Å². The van der Waals surface area contributed by atoms with Crippen LogP contribution in [0.5, 0.6) is 0 Å². The smallest absolute Gasteiger partial charge is 0.249 e. The number of hydrogen-bond donors (Lipinski definition) is 1. The van der Waals surface area contributed by atoms with Crippen molar-refractivity contribution < 1.29 is 9.32 Å². The highest BCUT2D eigenvalue weighted by atomic mass is 16.5. The third-order valence-corrected chi connectivity index (χ3v) is 4.51. The van der Waals surface area contributed by atoms with Crippen molar-refractivity contribution in [2.75, 3.05) is 18.0 Å². The molecule has 0 spiro atoms. The van der Waals surface area contributed by atoms with Crippen LogP contribution >= 0.6 is 0 Å². The van der Waals surface area contributed by atoms with Crippen LogP contribution in [0.3, 0.4) is 0 Å². The maximum atomic E-state index is 12.7. The Bertz CT molecular complexity index is 694. The van der Waals surface area contributed by atoms with E-state index in [4.69, 9.17) is 4.52 Å². The van der Waals surface area contributed by atoms with E-state index in [-0.39, 0.29) is 23.8 Å². The molecule has 1 aliphatic rings. The van der Waals surface area contributed by atoms with E-state index in [2.05, 4.69) is 30.3 Å². The van der Waals surface area contributed by atoms with Crippen molar-refractivity contribution >= 4 is 11.7 Å². The van der Waals surface area contributed by atoms with Crippen molar-refractivity contribution in [1.82, 2.24) is 25.4 Å². The Kier molecular flexibility index (Phi) is 5.25. The summed E-state index contributed by atoms with van der Waals surface area (Å²) < 4.78 is 5.25. The Morgan fingerprint density at radius 1 is 1.32 bits per heavy atom. The lowest BCUT2D eigenvalue weighted by molar-refractivity contribution is -0.126. The summed E-state index contributed by atoms with van der Waals surface area (Å²) in [6.45, 7) is 7.42. The van der Waals surface area contributed by atoms with E-state index < -0.39 is 0 Å². The highest BCUT2D eigenvalue weighted by molar-refractivity contribution is 5.79. The van der Waals surface area contributed by atoms with Crippen LogP contribution in [0.1, 0.15) is 44.4 Å². The molecule has 1 unspecified atom stereocenters. The van der Waals surface area contributed by atoms with Gasteiger partial charge in [0.25, 0.3) is 0 Å². The molecule has 8 nitrogen and oxygen atoms in total. The molecule has 8 heteroatoms. The van der Waals surface area contributed by atoms with Crippen molar-refractivity contribution in [3.05, 3.63) is 30.3 Å². The summed E-state index contributed by atoms with van der Waals surface area (Å²) in [4.78, 5) is 27.5. The van der Waals surface area contributed by atoms with Crippen LogP contribution in [-0.4, -0.2) is 39.1 Å². The Morgan fingerprint density at radius 3 is 2.64 bits per heavy atom. The molecule has 0 aliphatic carbocycles. The van der Waals surface area contributed by atoms with E-state index in [1.165, 1.54) is 0 Å². The topological polar surface area (TPSA) is 97.0 Å². The highest BCUT2D eigenvalue weighted by Gasteiger charge is 2.30. The first kappa shape index (κ1) is 17.3. The molecular formula is C17H24N6O2. The third kappa shape index (κ3) is 4.12. The Labute approximate surface area is 147 Å². The van der Waals surface area contributed by atoms with Crippen molar-refractivity contribution in [1.29, 1.82) is 0 Å². The molecule has 1 aliphatic heterocycles. The van der Waals surface area contributed by atoms with Gasteiger partial charge in [0.1, 0.15) is 11.9 Å². The minimum atomic E-state index is -0.258. The number of amides is 1. The number of nitrogens with zero attached hydrogens (tertiary/aromatic N) is 5. The van der Waals surface area contributed by atoms with Gasteiger partial charge in [0.05, 0.1) is 6.20 Å². The minimum Gasteiger partial charge on any atom is -0.355 e. The van der Waals surface area contributed by atoms with Gasteiger partial charge in [0, 0.05) is 31.4 Å². The molecule has 1 fully saturated rings. The Balaban J connectivity index is 1.58. The van der Waals surface area contributed by atoms with Gasteiger partial charge in [0.2, 0.25) is 11.8 Å². The maximum absolute atomic E-state index is 12.7. The van der Waals surface area contributed by atoms with Crippen LogP contribution in [-0.2, 0) is 4.79 Å². The first-order valence-corrected chi connectivity index (χ1v) is 8.66. The summed E-state index contributed by atoms with van der Waals surface area (Å²) in [5, 5.41) is 6.92. The number of carbonyl (C=O) groups excluding carboxylic acids is 1. The van der Waals surface area contributed by atoms with Gasteiger partial charge >= 0.3 is 0 Å². The maximum Gasteiger partial charge on any atom is 0.249 e. The first-order chi connectivity index (χ1) is 12.0. The van der Waals surface area contributed by atoms with E-state index in [1.54, 1.807) is 25.5 Å². The van der Waals surface area contributed by atoms with Crippen molar-refractivity contribution in [2.24, 2.45) is 11.8 Å². The SMILES string of the molecule is Cc1noc(C(NC(=O)C2CCN(c3cnccn3)CC2)C(C)C)n1. The summed E-state index contributed by atoms with van der Waals surface area (Å²) in [6, 6.07) is -0.258. The number of aromatic nitrogens is 4. The molecule has 1 amide bonds. The number of aryl methyl sites for hydroxylation is 1. The van der Waals surface area contributed by atoms with Crippen LogP contribution in [0, 0.1) is 18.8 Å². The summed E-state index contributed by atoms with van der Waals surface area (Å²) in [6.07, 6.45) is 6.68. The minimum absolute atomic E-state index is 0.0156. The molecule has 1 atom stereocenters. The number of nitrogens with one attached hydrogen (secondary N) is 1. The molecular weight excluding hydrogens is 320 g/mol. The van der Waals surface area contributed by atoms with E-state index in [9.17, 15) is 4.79 Å². The van der Waals surface area contributed by atoms with E-state index >= 15 is 0 Å². The molecule has 0 radical (unpaired) electrons. The fourth-order valence-corrected chi connectivity index (χ4v) is 3.05. The Morgan fingerprint density at radius 2 is 2.08 bits per heavy atom. The second-order valence-electron chi connectivity index (χ2n) is 6.74. The summed E-state index contributed by atoms with van der Waals surface area (Å²) in [5.74, 6) is 2.11. The van der Waals surface area contributed by atoms with Gasteiger partial charge in [-0.3, -0.25) is 9.78 Å². The predicted octanol–water partition coefficient (Wildman–Crippen LogP) is 1.90. The molecule has 0 aromatic carbocycles. The number of anilines is 1. The molecule has 1 saturated heterocycles. The summed E-state index contributed by atoms with van der Waals surface area (Å²) >= 11 is 0. The van der Waals surface area contributed by atoms with Crippen LogP contribution in [0.4, 0.5) is 5.82 Å². The monoisotopic (exact) mass is 344 g/mol. The number of piperidine rings is 1. The van der Waals surface area contributed by atoms with Crippen LogP contribution in [0.2, 0.25) is 0 Å². The van der Waals surface area contributed by atoms with E-state index in [0.717, 1.165) is 31.7 Å². The number of rotatable bonds is 5. The highest BCUT2D eigenvalue weighted by Crippen LogP contribution is 2.24. The molecule has 25 heavy (non-hydrogen) atoms. The largest absolute Gasteiger partial charge is 0.355 e. The van der Waals surface area contributed by atoms with Crippen LogP contribution in [0.15, 0.2) is 23.1 Å². The standard InChI is InChI=1S/C17H24N6O2/c1-11(2)15(17-20-12(3)22-25-17)21-16(24)13-4-8-23(9-5-13)14-10-18-6-7-19-14/h6-7,10-11,13,15H,4-5,8-9H2,1-3H3,(H,21,24). The summed E-state index contributed by atoms with van der Waals surface area (Å²) in [7, 11) is 0. The van der Waals surface area contributed by atoms with Gasteiger partial charge in [-0.15, -0.1) is 0 Å². The van der Waals surface area contributed by atoms with Gasteiger partial charge in [0.15, 0.2) is 5.82 Å². The van der Waals surface area contributed by atoms with E-state index in [0.29, 0.717) is 11.7 Å². The van der Waals surface area contributed by atoms with Crippen LogP contribution < -0.4 is 10.2 Å². The van der Waals surface area contributed by atoms with Crippen molar-refractivity contribution in [2.45, 2.75) is 39.7 Å². The van der Waals surface area contributed by atoms with Gasteiger partial charge in [-0.1, -0.05) is 19.0 Å². The fourth-order valence-electron chi connectivity index (χ4n) is 3.05. The van der Waals surface area contributed by atoms with Gasteiger partial charge in [-0.05, 0) is 25.7 Å². The molecule has 0 saturated carbocycles. The summed E-state index contributed by atoms with van der Waals surface area (Å²) in [5.41, 5.74) is 0. The quantitative estimate of drug-likeness (QED) is 0.884. The molecule has 0 bridgehead atoms. The zero-order valence-electron chi connectivity index (χ0n) is 14.8. The molecule has 3 rings (SSSR count). The second-order valence-corrected chi connectivity index (χ2v) is 6.74. The number of hydrogen-bond acceptors (Lipinski definition) is 7. The van der Waals surface area contributed by atoms with Gasteiger partial charge in [-0.25, -0.2) is 4.98 Å². The first-order valence-electron chi connectivity index (χ1n) is 8.66. The van der Waals surface area contributed by atoms with E-state index in [1.807, 2.05) is 13.8 Å². The molecule has 134 valence electrons. The lowest BCUT2D eigenvalue weighted by atomic mass is 9.94. The molecule has 3 heterocycles. The Hall–Kier alpha value is -2.51. The zero-order chi connectivity index (χ0) is 17.8. The normalized spacial score (nSPS) is 16.9. The molecule has 1 N–H and O–H groups in total. The van der Waals surface area contributed by atoms with Gasteiger partial charge < -0.3 is 14.7 Å². The lowest BCUT2D eigenvalue weighted by Gasteiger charge is -2.32. The average molecular weight is 344 g/mol. The zero-order valence-corrected chi connectivity index (χ0v) is 14.8. The van der Waals surface area contributed by atoms with Crippen molar-refractivity contribution in [3.63, 3.8) is 0 Å². The third-order valence-electron chi connectivity index (χ3n) is 4.51. The van der Waals surface area contributed by atoms with Gasteiger partial charge in [-0.2, -0.15) is 4.98 Å². The average Bonchev–Trinajstić information content (AvgIpc) is 3.06. The molecule has 2 aromatic rings. The predicted molar refractivity (Wildman–Crippen MR) is 91.7 cm³/mol. The van der Waals surface area contributed by atoms with Crippen LogP contribution in [0.25, 0.3) is 0 Å². The lowest BCUT2D eigenvalue weighted by Crippen LogP contribution is -2.42. The fraction of sp³-hybridized carbons (Fsp3) is 0.588. The second kappa shape index (κ2) is 7.58. The number of carbonyl (C=O) groups is 1.